The number of methoxy groups -OCH3 is 1. The van der Waals surface area contributed by atoms with E-state index >= 15 is 0 Å². The number of hydrogen-bond donors (Lipinski definition) is 1. The lowest BCUT2D eigenvalue weighted by molar-refractivity contribution is 0.101. The van der Waals surface area contributed by atoms with E-state index in [2.05, 4.69) is 15.9 Å². The van der Waals surface area contributed by atoms with E-state index in [9.17, 15) is 9.50 Å². The molecule has 0 aliphatic rings. The maximum atomic E-state index is 13.5. The highest BCUT2D eigenvalue weighted by Crippen LogP contribution is 2.18. The molecule has 1 rings (SSSR count). The zero-order valence-electron chi connectivity index (χ0n) is 10.1. The molecule has 1 aromatic carbocycles. The number of ether oxygens (including phenoxy) is 1. The molecule has 2 unspecified atom stereocenters. The SMILES string of the molecule is COCC(C)CC(O)Cc1ccc(Br)cc1F. The Morgan fingerprint density at radius 1 is 1.47 bits per heavy atom. The predicted molar refractivity (Wildman–Crippen MR) is 69.5 cm³/mol. The Labute approximate surface area is 110 Å². The summed E-state index contributed by atoms with van der Waals surface area (Å²) < 4.78 is 19.2. The standard InChI is InChI=1S/C13H18BrFO2/c1-9(8-17-2)5-12(16)6-10-3-4-11(14)7-13(10)15/h3-4,7,9,12,16H,5-6,8H2,1-2H3. The lowest BCUT2D eigenvalue weighted by Crippen LogP contribution is -2.18. The fraction of sp³-hybridized carbons (Fsp3) is 0.538. The molecule has 0 bridgehead atoms. The molecule has 0 amide bonds. The Bertz CT molecular complexity index is 357. The van der Waals surface area contributed by atoms with Crippen LogP contribution in [-0.4, -0.2) is 24.9 Å². The van der Waals surface area contributed by atoms with E-state index in [1.807, 2.05) is 6.92 Å². The Morgan fingerprint density at radius 2 is 2.18 bits per heavy atom. The largest absolute Gasteiger partial charge is 0.393 e. The van der Waals surface area contributed by atoms with Crippen molar-refractivity contribution in [3.63, 3.8) is 0 Å². The lowest BCUT2D eigenvalue weighted by atomic mass is 9.99. The molecule has 2 atom stereocenters. The third-order valence-corrected chi connectivity index (χ3v) is 3.09. The average Bonchev–Trinajstić information content (AvgIpc) is 2.22. The zero-order chi connectivity index (χ0) is 12.8. The summed E-state index contributed by atoms with van der Waals surface area (Å²) in [7, 11) is 1.64. The van der Waals surface area contributed by atoms with E-state index in [4.69, 9.17) is 4.74 Å². The Morgan fingerprint density at radius 3 is 2.76 bits per heavy atom. The maximum Gasteiger partial charge on any atom is 0.127 e. The van der Waals surface area contributed by atoms with Crippen molar-refractivity contribution >= 4 is 15.9 Å². The van der Waals surface area contributed by atoms with Gasteiger partial charge in [-0.1, -0.05) is 28.9 Å². The molecule has 1 N–H and O–H groups in total. The minimum absolute atomic E-state index is 0.272. The van der Waals surface area contributed by atoms with Crippen molar-refractivity contribution in [2.45, 2.75) is 25.9 Å². The van der Waals surface area contributed by atoms with Crippen LogP contribution in [-0.2, 0) is 11.2 Å². The summed E-state index contributed by atoms with van der Waals surface area (Å²) in [5.41, 5.74) is 0.547. The normalized spacial score (nSPS) is 14.6. The number of hydrogen-bond acceptors (Lipinski definition) is 2. The Balaban J connectivity index is 2.52. The van der Waals surface area contributed by atoms with Gasteiger partial charge in [0.15, 0.2) is 0 Å². The third kappa shape index (κ3) is 5.15. The molecule has 0 radical (unpaired) electrons. The zero-order valence-corrected chi connectivity index (χ0v) is 11.7. The van der Waals surface area contributed by atoms with Gasteiger partial charge in [-0.2, -0.15) is 0 Å². The van der Waals surface area contributed by atoms with Crippen molar-refractivity contribution in [3.8, 4) is 0 Å². The molecule has 0 saturated carbocycles. The highest BCUT2D eigenvalue weighted by molar-refractivity contribution is 9.10. The Hall–Kier alpha value is -0.450. The van der Waals surface area contributed by atoms with Crippen molar-refractivity contribution in [2.24, 2.45) is 5.92 Å². The molecule has 0 saturated heterocycles. The van der Waals surface area contributed by atoms with E-state index in [0.29, 0.717) is 29.5 Å². The van der Waals surface area contributed by atoms with Gasteiger partial charge in [0, 0.05) is 24.6 Å². The van der Waals surface area contributed by atoms with E-state index in [1.54, 1.807) is 19.2 Å². The first-order valence-corrected chi connectivity index (χ1v) is 6.43. The molecule has 0 aliphatic heterocycles. The third-order valence-electron chi connectivity index (χ3n) is 2.60. The minimum atomic E-state index is -0.532. The number of rotatable bonds is 6. The average molecular weight is 305 g/mol. The van der Waals surface area contributed by atoms with Crippen LogP contribution < -0.4 is 0 Å². The van der Waals surface area contributed by atoms with Gasteiger partial charge in [-0.15, -0.1) is 0 Å². The molecule has 0 spiro atoms. The molecule has 4 heteroatoms. The number of benzene rings is 1. The van der Waals surface area contributed by atoms with Crippen molar-refractivity contribution in [3.05, 3.63) is 34.1 Å². The maximum absolute atomic E-state index is 13.5. The quantitative estimate of drug-likeness (QED) is 0.875. The second-order valence-electron chi connectivity index (χ2n) is 4.39. The summed E-state index contributed by atoms with van der Waals surface area (Å²) >= 11 is 3.20. The summed E-state index contributed by atoms with van der Waals surface area (Å²) in [4.78, 5) is 0. The summed E-state index contributed by atoms with van der Waals surface area (Å²) in [6.07, 6.45) is 0.423. The van der Waals surface area contributed by atoms with Gasteiger partial charge in [0.25, 0.3) is 0 Å². The number of aliphatic hydroxyl groups excluding tert-OH is 1. The molecule has 96 valence electrons. The van der Waals surface area contributed by atoms with Crippen LogP contribution >= 0.6 is 15.9 Å². The van der Waals surface area contributed by atoms with Crippen LogP contribution in [0.2, 0.25) is 0 Å². The van der Waals surface area contributed by atoms with Crippen molar-refractivity contribution in [1.29, 1.82) is 0 Å². The van der Waals surface area contributed by atoms with Crippen LogP contribution in [0.3, 0.4) is 0 Å². The number of aliphatic hydroxyl groups is 1. The Kier molecular flexibility index (Phi) is 6.09. The fourth-order valence-corrected chi connectivity index (χ4v) is 2.17. The molecule has 17 heavy (non-hydrogen) atoms. The highest BCUT2D eigenvalue weighted by Gasteiger charge is 2.13. The summed E-state index contributed by atoms with van der Waals surface area (Å²) in [6, 6.07) is 4.90. The van der Waals surface area contributed by atoms with Gasteiger partial charge in [0.1, 0.15) is 5.82 Å². The van der Waals surface area contributed by atoms with Crippen LogP contribution in [0.5, 0.6) is 0 Å². The van der Waals surface area contributed by atoms with Gasteiger partial charge >= 0.3 is 0 Å². The molecule has 0 fully saturated rings. The van der Waals surface area contributed by atoms with Crippen molar-refractivity contribution in [1.82, 2.24) is 0 Å². The summed E-state index contributed by atoms with van der Waals surface area (Å²) in [5.74, 6) is -0.00803. The van der Waals surface area contributed by atoms with Crippen LogP contribution in [0, 0.1) is 11.7 Å². The molecule has 0 aliphatic carbocycles. The lowest BCUT2D eigenvalue weighted by Gasteiger charge is -2.16. The van der Waals surface area contributed by atoms with E-state index in [0.717, 1.165) is 0 Å². The smallest absolute Gasteiger partial charge is 0.127 e. The fourth-order valence-electron chi connectivity index (χ4n) is 1.84. The van der Waals surface area contributed by atoms with Crippen molar-refractivity contribution in [2.75, 3.05) is 13.7 Å². The van der Waals surface area contributed by atoms with E-state index in [-0.39, 0.29) is 11.7 Å². The van der Waals surface area contributed by atoms with Crippen LogP contribution in [0.4, 0.5) is 4.39 Å². The first-order valence-electron chi connectivity index (χ1n) is 5.64. The van der Waals surface area contributed by atoms with Gasteiger partial charge in [0.05, 0.1) is 6.10 Å². The van der Waals surface area contributed by atoms with Gasteiger partial charge in [-0.05, 0) is 30.0 Å². The molecule has 0 aromatic heterocycles. The minimum Gasteiger partial charge on any atom is -0.393 e. The first-order chi connectivity index (χ1) is 8.02. The van der Waals surface area contributed by atoms with Gasteiger partial charge in [-0.3, -0.25) is 0 Å². The van der Waals surface area contributed by atoms with Crippen LogP contribution in [0.1, 0.15) is 18.9 Å². The van der Waals surface area contributed by atoms with Gasteiger partial charge in [-0.25, -0.2) is 4.39 Å². The monoisotopic (exact) mass is 304 g/mol. The highest BCUT2D eigenvalue weighted by atomic mass is 79.9. The molecular formula is C13H18BrFO2. The van der Waals surface area contributed by atoms with Crippen LogP contribution in [0.15, 0.2) is 22.7 Å². The topological polar surface area (TPSA) is 29.5 Å². The van der Waals surface area contributed by atoms with Gasteiger partial charge < -0.3 is 9.84 Å². The second-order valence-corrected chi connectivity index (χ2v) is 5.31. The summed E-state index contributed by atoms with van der Waals surface area (Å²) in [5, 5.41) is 9.86. The van der Waals surface area contributed by atoms with Crippen molar-refractivity contribution < 1.29 is 14.2 Å². The number of halogens is 2. The predicted octanol–water partition coefficient (Wildman–Crippen LogP) is 3.16. The van der Waals surface area contributed by atoms with Gasteiger partial charge in [0.2, 0.25) is 0 Å². The first kappa shape index (κ1) is 14.6. The summed E-state index contributed by atoms with van der Waals surface area (Å²) in [6.45, 7) is 2.62. The molecule has 2 nitrogen and oxygen atoms in total. The molecular weight excluding hydrogens is 287 g/mol. The molecule has 1 aromatic rings. The second kappa shape index (κ2) is 7.09. The molecule has 0 heterocycles. The van der Waals surface area contributed by atoms with E-state index in [1.165, 1.54) is 6.07 Å². The van der Waals surface area contributed by atoms with E-state index < -0.39 is 6.10 Å². The van der Waals surface area contributed by atoms with Crippen LogP contribution in [0.25, 0.3) is 0 Å².